The highest BCUT2D eigenvalue weighted by Gasteiger charge is 2.17. The monoisotopic (exact) mass is 455 g/mol. The number of nitrogens with one attached hydrogen (secondary N) is 1. The normalized spacial score (nSPS) is 20.5. The van der Waals surface area contributed by atoms with Gasteiger partial charge < -0.3 is 14.9 Å². The van der Waals surface area contributed by atoms with Gasteiger partial charge in [-0.3, -0.25) is 14.5 Å². The average molecular weight is 456 g/mol. The Morgan fingerprint density at radius 2 is 1.37 bits per heavy atom. The van der Waals surface area contributed by atoms with Gasteiger partial charge in [0.05, 0.1) is 6.10 Å². The number of benzene rings is 1. The van der Waals surface area contributed by atoms with E-state index in [1.165, 1.54) is 4.90 Å². The van der Waals surface area contributed by atoms with Crippen LogP contribution in [0, 0.1) is 0 Å². The average Bonchev–Trinajstić information content (AvgIpc) is 2.76. The third-order valence-corrected chi connectivity index (χ3v) is 7.14. The zero-order valence-electron chi connectivity index (χ0n) is 18.9. The third kappa shape index (κ3) is 10.4. The number of hydrogen-bond acceptors (Lipinski definition) is 7. The van der Waals surface area contributed by atoms with Gasteiger partial charge in [0.2, 0.25) is 0 Å². The Bertz CT molecular complexity index is 536. The van der Waals surface area contributed by atoms with E-state index in [1.807, 2.05) is 18.2 Å². The maximum atomic E-state index is 10.6. The molecule has 2 atom stereocenters. The number of aliphatic hydroxyl groups is 1. The van der Waals surface area contributed by atoms with Gasteiger partial charge in [0, 0.05) is 76.6 Å². The number of aliphatic hydroxyl groups excluding tert-OH is 1. The van der Waals surface area contributed by atoms with Crippen molar-refractivity contribution in [3.8, 4) is 0 Å². The van der Waals surface area contributed by atoms with Crippen molar-refractivity contribution in [2.75, 3.05) is 84.8 Å². The van der Waals surface area contributed by atoms with Crippen LogP contribution in [0.5, 0.6) is 0 Å². The smallest absolute Gasteiger partial charge is 0.0800 e. The lowest BCUT2D eigenvalue weighted by atomic mass is 10.3. The van der Waals surface area contributed by atoms with Crippen LogP contribution >= 0.6 is 21.2 Å². The molecule has 0 radical (unpaired) electrons. The van der Waals surface area contributed by atoms with Crippen molar-refractivity contribution in [2.24, 2.45) is 0 Å². The Morgan fingerprint density at radius 3 is 1.87 bits per heavy atom. The molecule has 2 unspecified atom stereocenters. The molecule has 0 bridgehead atoms. The Morgan fingerprint density at radius 1 is 0.867 bits per heavy atom. The zero-order chi connectivity index (χ0) is 21.6. The molecule has 0 aliphatic carbocycles. The van der Waals surface area contributed by atoms with Gasteiger partial charge in [-0.1, -0.05) is 32.0 Å². The molecule has 0 spiro atoms. The summed E-state index contributed by atoms with van der Waals surface area (Å²) in [7, 11) is 2.88. The van der Waals surface area contributed by atoms with E-state index in [2.05, 4.69) is 59.5 Å². The molecule has 6 nitrogen and oxygen atoms in total. The molecule has 8 heteroatoms. The van der Waals surface area contributed by atoms with Crippen molar-refractivity contribution in [2.45, 2.75) is 24.8 Å². The van der Waals surface area contributed by atoms with Gasteiger partial charge in [0.1, 0.15) is 0 Å². The molecule has 1 aromatic rings. The van der Waals surface area contributed by atoms with Crippen LogP contribution in [-0.4, -0.2) is 116 Å². The minimum Gasteiger partial charge on any atom is -0.390 e. The van der Waals surface area contributed by atoms with E-state index in [-0.39, 0.29) is 6.10 Å². The van der Waals surface area contributed by atoms with Crippen LogP contribution in [0.25, 0.3) is 0 Å². The SMILES string of the molecule is CCN1CCN(CP)CCN(CC)CCN(CC(O)CNSc2ccccc2)CC1. The van der Waals surface area contributed by atoms with Crippen molar-refractivity contribution in [3.05, 3.63) is 30.3 Å². The van der Waals surface area contributed by atoms with Gasteiger partial charge in [-0.15, -0.1) is 9.24 Å². The molecule has 0 aromatic heterocycles. The number of β-amino-alcohol motifs (C(OH)–C–C–N with tert-alkyl or cyclic N) is 1. The van der Waals surface area contributed by atoms with Crippen LogP contribution in [0.3, 0.4) is 0 Å². The molecule has 2 rings (SSSR count). The van der Waals surface area contributed by atoms with E-state index in [0.717, 1.165) is 78.3 Å². The molecule has 2 N–H and O–H groups in total. The lowest BCUT2D eigenvalue weighted by Crippen LogP contribution is -2.47. The van der Waals surface area contributed by atoms with Gasteiger partial charge >= 0.3 is 0 Å². The van der Waals surface area contributed by atoms with Crippen molar-refractivity contribution >= 4 is 21.2 Å². The molecule has 1 fully saturated rings. The molecule has 1 aromatic carbocycles. The van der Waals surface area contributed by atoms with E-state index >= 15 is 0 Å². The molecule has 0 saturated carbocycles. The van der Waals surface area contributed by atoms with E-state index in [4.69, 9.17) is 0 Å². The fraction of sp³-hybridized carbons (Fsp3) is 0.727. The summed E-state index contributed by atoms with van der Waals surface area (Å²) in [5.74, 6) is 0. The first kappa shape index (κ1) is 26.0. The molecule has 0 amide bonds. The molecule has 1 aliphatic heterocycles. The van der Waals surface area contributed by atoms with Gasteiger partial charge in [-0.2, -0.15) is 0 Å². The highest BCUT2D eigenvalue weighted by Crippen LogP contribution is 2.12. The van der Waals surface area contributed by atoms with Crippen molar-refractivity contribution in [3.63, 3.8) is 0 Å². The molecular formula is C22H42N5OPS. The fourth-order valence-electron chi connectivity index (χ4n) is 3.65. The van der Waals surface area contributed by atoms with E-state index in [0.29, 0.717) is 6.54 Å². The summed E-state index contributed by atoms with van der Waals surface area (Å²) in [6.07, 6.45) is 0.674. The minimum absolute atomic E-state index is 0.369. The molecule has 172 valence electrons. The minimum atomic E-state index is -0.369. The summed E-state index contributed by atoms with van der Waals surface area (Å²) >= 11 is 1.59. The number of hydrogen-bond donors (Lipinski definition) is 2. The lowest BCUT2D eigenvalue weighted by Gasteiger charge is -2.34. The maximum Gasteiger partial charge on any atom is 0.0800 e. The largest absolute Gasteiger partial charge is 0.390 e. The van der Waals surface area contributed by atoms with Crippen LogP contribution in [0.1, 0.15) is 13.8 Å². The number of likely N-dealkylation sites (N-methyl/N-ethyl adjacent to an activating group) is 2. The summed E-state index contributed by atoms with van der Waals surface area (Å²) in [5.41, 5.74) is 0. The predicted octanol–water partition coefficient (Wildman–Crippen LogP) is 1.74. The van der Waals surface area contributed by atoms with Gasteiger partial charge in [-0.25, -0.2) is 0 Å². The summed E-state index contributed by atoms with van der Waals surface area (Å²) < 4.78 is 3.32. The Kier molecular flexibility index (Phi) is 13.5. The zero-order valence-corrected chi connectivity index (χ0v) is 20.8. The van der Waals surface area contributed by atoms with Crippen LogP contribution in [-0.2, 0) is 0 Å². The second-order valence-electron chi connectivity index (χ2n) is 7.89. The Labute approximate surface area is 190 Å². The highest BCUT2D eigenvalue weighted by molar-refractivity contribution is 7.97. The Hall–Kier alpha value is -0.240. The first-order valence-corrected chi connectivity index (χ1v) is 13.0. The van der Waals surface area contributed by atoms with E-state index in [1.54, 1.807) is 11.9 Å². The maximum absolute atomic E-state index is 10.6. The highest BCUT2D eigenvalue weighted by atomic mass is 32.2. The summed E-state index contributed by atoms with van der Waals surface area (Å²) in [5, 5.41) is 10.6. The third-order valence-electron chi connectivity index (χ3n) is 5.80. The van der Waals surface area contributed by atoms with Gasteiger partial charge in [-0.05, 0) is 37.2 Å². The molecule has 30 heavy (non-hydrogen) atoms. The van der Waals surface area contributed by atoms with Crippen molar-refractivity contribution in [1.29, 1.82) is 0 Å². The van der Waals surface area contributed by atoms with E-state index in [9.17, 15) is 5.11 Å². The van der Waals surface area contributed by atoms with Crippen LogP contribution in [0.4, 0.5) is 0 Å². The lowest BCUT2D eigenvalue weighted by molar-refractivity contribution is 0.0922. The van der Waals surface area contributed by atoms with Crippen molar-refractivity contribution < 1.29 is 5.11 Å². The Balaban J connectivity index is 1.85. The number of rotatable bonds is 9. The summed E-state index contributed by atoms with van der Waals surface area (Å²) in [6.45, 7) is 16.6. The predicted molar refractivity (Wildman–Crippen MR) is 133 cm³/mol. The summed E-state index contributed by atoms with van der Waals surface area (Å²) in [4.78, 5) is 11.2. The number of nitrogens with zero attached hydrogens (tertiary/aromatic N) is 4. The second kappa shape index (κ2) is 15.5. The molecular weight excluding hydrogens is 413 g/mol. The summed E-state index contributed by atoms with van der Waals surface area (Å²) in [6, 6.07) is 10.3. The van der Waals surface area contributed by atoms with Gasteiger partial charge in [0.25, 0.3) is 0 Å². The van der Waals surface area contributed by atoms with E-state index < -0.39 is 0 Å². The molecule has 1 heterocycles. The van der Waals surface area contributed by atoms with Crippen LogP contribution in [0.2, 0.25) is 0 Å². The molecule has 1 saturated heterocycles. The molecule has 1 aliphatic rings. The quantitative estimate of drug-likeness (QED) is 0.434. The first-order valence-electron chi connectivity index (χ1n) is 11.4. The fourth-order valence-corrected chi connectivity index (χ4v) is 4.75. The van der Waals surface area contributed by atoms with Crippen LogP contribution < -0.4 is 4.72 Å². The standard InChI is InChI=1S/C22H42N5OPS/c1-3-24-10-14-26(15-11-25(4-2)13-17-27(20-29)16-12-24)19-21(28)18-23-30-22-8-6-5-7-9-22/h5-9,21,23,28H,3-4,10-20,29H2,1-2H3. The van der Waals surface area contributed by atoms with Gasteiger partial charge in [0.15, 0.2) is 0 Å². The van der Waals surface area contributed by atoms with Crippen LogP contribution in [0.15, 0.2) is 35.2 Å². The topological polar surface area (TPSA) is 45.2 Å². The first-order chi connectivity index (χ1) is 14.6. The van der Waals surface area contributed by atoms with Crippen molar-refractivity contribution in [1.82, 2.24) is 24.3 Å². The second-order valence-corrected chi connectivity index (χ2v) is 9.22.